The second-order valence-corrected chi connectivity index (χ2v) is 9.56. The van der Waals surface area contributed by atoms with Gasteiger partial charge in [0.25, 0.3) is 0 Å². The maximum Gasteiger partial charge on any atom is 0.204 e. The normalized spacial score (nSPS) is 15.3. The Morgan fingerprint density at radius 1 is 1.11 bits per heavy atom. The number of ether oxygens (including phenoxy) is 4. The molecule has 8 nitrogen and oxygen atoms in total. The Balaban J connectivity index is 1.76. The van der Waals surface area contributed by atoms with E-state index in [4.69, 9.17) is 23.4 Å². The van der Waals surface area contributed by atoms with Crippen molar-refractivity contribution in [3.05, 3.63) is 52.4 Å². The van der Waals surface area contributed by atoms with Crippen LogP contribution in [0.4, 0.5) is 0 Å². The van der Waals surface area contributed by atoms with Gasteiger partial charge in [-0.3, -0.25) is 4.79 Å². The van der Waals surface area contributed by atoms with Gasteiger partial charge in [-0.25, -0.2) is 0 Å². The number of hydrogen-bond donors (Lipinski definition) is 2. The molecule has 0 bridgehead atoms. The molecule has 0 fully saturated rings. The summed E-state index contributed by atoms with van der Waals surface area (Å²) in [6, 6.07) is 6.69. The molecule has 0 saturated carbocycles. The Labute approximate surface area is 203 Å². The Kier molecular flexibility index (Phi) is 6.29. The minimum absolute atomic E-state index is 0.133. The Bertz CT molecular complexity index is 1340. The average Bonchev–Trinajstić information content (AvgIpc) is 2.80. The fourth-order valence-corrected chi connectivity index (χ4v) is 3.83. The molecule has 35 heavy (non-hydrogen) atoms. The summed E-state index contributed by atoms with van der Waals surface area (Å²) in [6.45, 7) is 6.73. The van der Waals surface area contributed by atoms with Gasteiger partial charge in [-0.2, -0.15) is 0 Å². The van der Waals surface area contributed by atoms with E-state index in [1.807, 2.05) is 26.0 Å². The van der Waals surface area contributed by atoms with Gasteiger partial charge < -0.3 is 33.6 Å². The highest BCUT2D eigenvalue weighted by Crippen LogP contribution is 2.42. The predicted molar refractivity (Wildman–Crippen MR) is 133 cm³/mol. The molecule has 1 aromatic heterocycles. The van der Waals surface area contributed by atoms with Crippen LogP contribution in [0.25, 0.3) is 28.2 Å². The van der Waals surface area contributed by atoms with E-state index in [1.54, 1.807) is 24.3 Å². The minimum atomic E-state index is -1.31. The van der Waals surface area contributed by atoms with E-state index in [2.05, 4.69) is 0 Å². The van der Waals surface area contributed by atoms with Crippen molar-refractivity contribution in [2.24, 2.45) is 0 Å². The SMILES string of the molecule is COc1cc(-c2coc3cc4c(c(OC)c3c2=O)C=CC(C)(C)O4)ccc1OC[C@@H](O)C(C)(C)O. The first-order valence-corrected chi connectivity index (χ1v) is 11.2. The molecule has 4 rings (SSSR count). The molecule has 2 heterocycles. The molecule has 8 heteroatoms. The average molecular weight is 483 g/mol. The Hall–Kier alpha value is -3.49. The van der Waals surface area contributed by atoms with Crippen LogP contribution in [-0.2, 0) is 0 Å². The number of hydrogen-bond acceptors (Lipinski definition) is 8. The lowest BCUT2D eigenvalue weighted by Crippen LogP contribution is -2.40. The van der Waals surface area contributed by atoms with E-state index < -0.39 is 17.3 Å². The first kappa shape index (κ1) is 24.6. The van der Waals surface area contributed by atoms with Crippen molar-refractivity contribution in [1.82, 2.24) is 0 Å². The van der Waals surface area contributed by atoms with E-state index in [1.165, 1.54) is 34.3 Å². The van der Waals surface area contributed by atoms with E-state index in [0.29, 0.717) is 50.7 Å². The van der Waals surface area contributed by atoms with Crippen LogP contribution < -0.4 is 24.4 Å². The van der Waals surface area contributed by atoms with Crippen LogP contribution in [0.1, 0.15) is 33.3 Å². The molecule has 2 aromatic carbocycles. The van der Waals surface area contributed by atoms with Gasteiger partial charge in [-0.15, -0.1) is 0 Å². The van der Waals surface area contributed by atoms with Gasteiger partial charge in [0.15, 0.2) is 11.5 Å². The van der Waals surface area contributed by atoms with Crippen molar-refractivity contribution in [2.45, 2.75) is 45.0 Å². The topological polar surface area (TPSA) is 108 Å². The summed E-state index contributed by atoms with van der Waals surface area (Å²) in [5.74, 6) is 1.68. The zero-order chi connectivity index (χ0) is 25.5. The van der Waals surface area contributed by atoms with Crippen molar-refractivity contribution in [1.29, 1.82) is 0 Å². The first-order valence-electron chi connectivity index (χ1n) is 11.2. The van der Waals surface area contributed by atoms with Crippen LogP contribution >= 0.6 is 0 Å². The summed E-state index contributed by atoms with van der Waals surface area (Å²) in [5.41, 5.74) is -0.166. The quantitative estimate of drug-likeness (QED) is 0.517. The highest BCUT2D eigenvalue weighted by atomic mass is 16.5. The summed E-state index contributed by atoms with van der Waals surface area (Å²) in [5, 5.41) is 20.3. The molecular formula is C27H30O8. The smallest absolute Gasteiger partial charge is 0.204 e. The van der Waals surface area contributed by atoms with Crippen molar-refractivity contribution < 1.29 is 33.6 Å². The third-order valence-electron chi connectivity index (χ3n) is 5.94. The van der Waals surface area contributed by atoms with Gasteiger partial charge in [0.1, 0.15) is 47.0 Å². The van der Waals surface area contributed by atoms with Gasteiger partial charge in [0.2, 0.25) is 5.43 Å². The predicted octanol–water partition coefficient (Wildman–Crippen LogP) is 4.17. The fourth-order valence-electron chi connectivity index (χ4n) is 3.83. The lowest BCUT2D eigenvalue weighted by Gasteiger charge is -2.28. The van der Waals surface area contributed by atoms with Crippen LogP contribution in [0.3, 0.4) is 0 Å². The molecule has 0 spiro atoms. The molecule has 186 valence electrons. The van der Waals surface area contributed by atoms with Gasteiger partial charge >= 0.3 is 0 Å². The number of aliphatic hydroxyl groups excluding tert-OH is 1. The molecule has 2 N–H and O–H groups in total. The van der Waals surface area contributed by atoms with Crippen molar-refractivity contribution in [3.63, 3.8) is 0 Å². The van der Waals surface area contributed by atoms with Crippen LogP contribution in [0.2, 0.25) is 0 Å². The van der Waals surface area contributed by atoms with Crippen molar-refractivity contribution in [2.75, 3.05) is 20.8 Å². The van der Waals surface area contributed by atoms with Crippen molar-refractivity contribution in [3.8, 4) is 34.1 Å². The molecule has 1 aliphatic heterocycles. The Morgan fingerprint density at radius 3 is 2.51 bits per heavy atom. The van der Waals surface area contributed by atoms with Crippen molar-refractivity contribution >= 4 is 17.0 Å². The first-order chi connectivity index (χ1) is 16.4. The van der Waals surface area contributed by atoms with Crippen LogP contribution in [0.5, 0.6) is 23.0 Å². The molecule has 1 atom stereocenters. The number of methoxy groups -OCH3 is 2. The number of fused-ring (bicyclic) bond motifs is 2. The summed E-state index contributed by atoms with van der Waals surface area (Å²) in [4.78, 5) is 13.6. The second kappa shape index (κ2) is 8.94. The molecule has 1 aliphatic rings. The monoisotopic (exact) mass is 482 g/mol. The van der Waals surface area contributed by atoms with E-state index >= 15 is 0 Å². The summed E-state index contributed by atoms with van der Waals surface area (Å²) < 4.78 is 28.6. The summed E-state index contributed by atoms with van der Waals surface area (Å²) >= 11 is 0. The maximum absolute atomic E-state index is 13.6. The van der Waals surface area contributed by atoms with Crippen LogP contribution in [0, 0.1) is 0 Å². The minimum Gasteiger partial charge on any atom is -0.495 e. The lowest BCUT2D eigenvalue weighted by molar-refractivity contribution is -0.0663. The third kappa shape index (κ3) is 4.72. The number of aliphatic hydroxyl groups is 2. The van der Waals surface area contributed by atoms with E-state index in [0.717, 1.165) is 0 Å². The molecule has 0 unspecified atom stereocenters. The van der Waals surface area contributed by atoms with Gasteiger partial charge in [-0.1, -0.05) is 6.07 Å². The van der Waals surface area contributed by atoms with Crippen LogP contribution in [-0.4, -0.2) is 48.3 Å². The van der Waals surface area contributed by atoms with E-state index in [9.17, 15) is 15.0 Å². The molecule has 0 amide bonds. The molecular weight excluding hydrogens is 452 g/mol. The van der Waals surface area contributed by atoms with Gasteiger partial charge in [0.05, 0.1) is 30.9 Å². The lowest BCUT2D eigenvalue weighted by atomic mass is 9.98. The largest absolute Gasteiger partial charge is 0.495 e. The zero-order valence-electron chi connectivity index (χ0n) is 20.7. The molecule has 0 aliphatic carbocycles. The fraction of sp³-hybridized carbons (Fsp3) is 0.370. The van der Waals surface area contributed by atoms with Crippen LogP contribution in [0.15, 0.2) is 45.8 Å². The summed E-state index contributed by atoms with van der Waals surface area (Å²) in [7, 11) is 2.98. The standard InChI is InChI=1S/C27H30O8/c1-26(2)10-9-16-19(35-26)12-21-23(25(16)32-6)24(29)17(13-33-21)15-7-8-18(20(11-15)31-5)34-14-22(28)27(3,4)30/h7-13,22,28,30H,14H2,1-6H3/t22-/m1/s1. The zero-order valence-corrected chi connectivity index (χ0v) is 20.7. The van der Waals surface area contributed by atoms with Gasteiger partial charge in [-0.05, 0) is 57.5 Å². The second-order valence-electron chi connectivity index (χ2n) is 9.56. The number of rotatable bonds is 7. The highest BCUT2D eigenvalue weighted by Gasteiger charge is 2.28. The molecule has 3 aromatic rings. The van der Waals surface area contributed by atoms with Gasteiger partial charge in [0, 0.05) is 6.07 Å². The highest BCUT2D eigenvalue weighted by molar-refractivity contribution is 5.93. The Morgan fingerprint density at radius 2 is 1.86 bits per heavy atom. The summed E-state index contributed by atoms with van der Waals surface area (Å²) in [6.07, 6.45) is 4.10. The number of benzene rings is 2. The molecule has 0 radical (unpaired) electrons. The van der Waals surface area contributed by atoms with E-state index in [-0.39, 0.29) is 12.0 Å². The third-order valence-corrected chi connectivity index (χ3v) is 5.94. The molecule has 0 saturated heterocycles. The maximum atomic E-state index is 13.6.